The molecule has 114 valence electrons. The van der Waals surface area contributed by atoms with Gasteiger partial charge in [0.1, 0.15) is 0 Å². The van der Waals surface area contributed by atoms with Crippen LogP contribution in [-0.4, -0.2) is 37.6 Å². The van der Waals surface area contributed by atoms with E-state index in [1.807, 2.05) is 0 Å². The summed E-state index contributed by atoms with van der Waals surface area (Å²) in [5.41, 5.74) is 0.440. The minimum atomic E-state index is 0.440. The van der Waals surface area contributed by atoms with E-state index in [0.717, 1.165) is 24.9 Å². The summed E-state index contributed by atoms with van der Waals surface area (Å²) in [5.74, 6) is 1.72. The normalized spacial score (nSPS) is 24.0. The van der Waals surface area contributed by atoms with Crippen molar-refractivity contribution in [3.05, 3.63) is 0 Å². The first kappa shape index (κ1) is 17.0. The van der Waals surface area contributed by atoms with E-state index in [1.54, 1.807) is 0 Å². The maximum absolute atomic E-state index is 3.66. The van der Waals surface area contributed by atoms with Gasteiger partial charge in [0, 0.05) is 19.6 Å². The second-order valence-corrected chi connectivity index (χ2v) is 7.37. The van der Waals surface area contributed by atoms with Gasteiger partial charge < -0.3 is 10.2 Å². The summed E-state index contributed by atoms with van der Waals surface area (Å²) >= 11 is 0. The molecule has 0 aromatic heterocycles. The number of nitrogens with zero attached hydrogens (tertiary/aromatic N) is 1. The lowest BCUT2D eigenvalue weighted by atomic mass is 9.86. The molecule has 1 heterocycles. The average Bonchev–Trinajstić information content (AvgIpc) is 2.76. The van der Waals surface area contributed by atoms with Gasteiger partial charge in [0.05, 0.1) is 0 Å². The number of rotatable bonds is 9. The molecule has 2 unspecified atom stereocenters. The monoisotopic (exact) mass is 268 g/mol. The molecule has 1 aliphatic rings. The van der Waals surface area contributed by atoms with E-state index in [2.05, 4.69) is 44.8 Å². The van der Waals surface area contributed by atoms with Crippen LogP contribution in [0.4, 0.5) is 0 Å². The lowest BCUT2D eigenvalue weighted by Gasteiger charge is -2.33. The Morgan fingerprint density at radius 2 is 2.05 bits per heavy atom. The minimum absolute atomic E-state index is 0.440. The quantitative estimate of drug-likeness (QED) is 0.685. The Labute approximate surface area is 121 Å². The van der Waals surface area contributed by atoms with Gasteiger partial charge in [0.15, 0.2) is 0 Å². The van der Waals surface area contributed by atoms with Crippen molar-refractivity contribution in [3.63, 3.8) is 0 Å². The fourth-order valence-corrected chi connectivity index (χ4v) is 3.20. The molecule has 19 heavy (non-hydrogen) atoms. The third-order valence-corrected chi connectivity index (χ3v) is 4.63. The molecule has 0 bridgehead atoms. The number of nitrogens with one attached hydrogen (secondary N) is 1. The van der Waals surface area contributed by atoms with Crippen molar-refractivity contribution in [2.75, 3.05) is 32.7 Å². The fraction of sp³-hybridized carbons (Fsp3) is 1.00. The molecule has 0 saturated carbocycles. The smallest absolute Gasteiger partial charge is 0.00475 e. The van der Waals surface area contributed by atoms with Gasteiger partial charge >= 0.3 is 0 Å². The second kappa shape index (κ2) is 8.26. The highest BCUT2D eigenvalue weighted by Gasteiger charge is 2.29. The Bertz CT molecular complexity index is 239. The molecule has 2 heteroatoms. The Hall–Kier alpha value is -0.0800. The molecule has 1 aliphatic heterocycles. The zero-order chi connectivity index (χ0) is 14.3. The summed E-state index contributed by atoms with van der Waals surface area (Å²) in [6.07, 6.45) is 5.46. The Kier molecular flexibility index (Phi) is 7.38. The van der Waals surface area contributed by atoms with Gasteiger partial charge in [-0.1, -0.05) is 41.0 Å². The molecular weight excluding hydrogens is 232 g/mol. The zero-order valence-corrected chi connectivity index (χ0v) is 14.0. The van der Waals surface area contributed by atoms with Crippen LogP contribution in [0.3, 0.4) is 0 Å². The van der Waals surface area contributed by atoms with Gasteiger partial charge in [-0.25, -0.2) is 0 Å². The van der Waals surface area contributed by atoms with E-state index in [1.165, 1.54) is 45.3 Å². The largest absolute Gasteiger partial charge is 0.316 e. The van der Waals surface area contributed by atoms with E-state index in [-0.39, 0.29) is 0 Å². The van der Waals surface area contributed by atoms with Crippen molar-refractivity contribution >= 4 is 0 Å². The maximum Gasteiger partial charge on any atom is 0.00475 e. The molecule has 1 saturated heterocycles. The average molecular weight is 268 g/mol. The highest BCUT2D eigenvalue weighted by atomic mass is 15.2. The van der Waals surface area contributed by atoms with Crippen LogP contribution in [0.1, 0.15) is 60.3 Å². The lowest BCUT2D eigenvalue weighted by molar-refractivity contribution is 0.173. The second-order valence-electron chi connectivity index (χ2n) is 7.37. The molecule has 0 aliphatic carbocycles. The molecule has 0 aromatic rings. The fourth-order valence-electron chi connectivity index (χ4n) is 3.20. The van der Waals surface area contributed by atoms with Crippen LogP contribution >= 0.6 is 0 Å². The maximum atomic E-state index is 3.66. The SMILES string of the molecule is CCCC1CCN(CC(C)(CC)CNCC(C)C)C1. The van der Waals surface area contributed by atoms with Crippen LogP contribution in [0.15, 0.2) is 0 Å². The summed E-state index contributed by atoms with van der Waals surface area (Å²) in [6.45, 7) is 17.9. The van der Waals surface area contributed by atoms with Gasteiger partial charge in [-0.2, -0.15) is 0 Å². The van der Waals surface area contributed by atoms with Crippen LogP contribution < -0.4 is 5.32 Å². The first-order valence-electron chi connectivity index (χ1n) is 8.42. The van der Waals surface area contributed by atoms with Gasteiger partial charge in [-0.05, 0) is 49.6 Å². The molecule has 0 aromatic carbocycles. The molecule has 1 rings (SSSR count). The summed E-state index contributed by atoms with van der Waals surface area (Å²) in [6, 6.07) is 0. The summed E-state index contributed by atoms with van der Waals surface area (Å²) in [5, 5.41) is 3.66. The van der Waals surface area contributed by atoms with Crippen LogP contribution in [0.25, 0.3) is 0 Å². The minimum Gasteiger partial charge on any atom is -0.316 e. The van der Waals surface area contributed by atoms with Crippen molar-refractivity contribution < 1.29 is 0 Å². The highest BCUT2D eigenvalue weighted by molar-refractivity contribution is 4.84. The molecule has 1 N–H and O–H groups in total. The summed E-state index contributed by atoms with van der Waals surface area (Å²) in [7, 11) is 0. The molecule has 1 fully saturated rings. The van der Waals surface area contributed by atoms with Crippen LogP contribution in [-0.2, 0) is 0 Å². The number of hydrogen-bond donors (Lipinski definition) is 1. The van der Waals surface area contributed by atoms with Crippen LogP contribution in [0.2, 0.25) is 0 Å². The molecular formula is C17H36N2. The molecule has 0 amide bonds. The van der Waals surface area contributed by atoms with E-state index in [0.29, 0.717) is 5.41 Å². The van der Waals surface area contributed by atoms with Crippen LogP contribution in [0.5, 0.6) is 0 Å². The first-order valence-corrected chi connectivity index (χ1v) is 8.42. The predicted octanol–water partition coefficient (Wildman–Crippen LogP) is 3.77. The molecule has 2 nitrogen and oxygen atoms in total. The number of hydrogen-bond acceptors (Lipinski definition) is 2. The highest BCUT2D eigenvalue weighted by Crippen LogP contribution is 2.27. The topological polar surface area (TPSA) is 15.3 Å². The van der Waals surface area contributed by atoms with Gasteiger partial charge in [-0.15, -0.1) is 0 Å². The van der Waals surface area contributed by atoms with Gasteiger partial charge in [-0.3, -0.25) is 0 Å². The van der Waals surface area contributed by atoms with E-state index in [4.69, 9.17) is 0 Å². The van der Waals surface area contributed by atoms with E-state index < -0.39 is 0 Å². The van der Waals surface area contributed by atoms with E-state index in [9.17, 15) is 0 Å². The first-order chi connectivity index (χ1) is 8.99. The Morgan fingerprint density at radius 3 is 2.63 bits per heavy atom. The van der Waals surface area contributed by atoms with Gasteiger partial charge in [0.25, 0.3) is 0 Å². The lowest BCUT2D eigenvalue weighted by Crippen LogP contribution is -2.42. The van der Waals surface area contributed by atoms with Crippen LogP contribution in [0, 0.1) is 17.3 Å². The third kappa shape index (κ3) is 6.27. The molecule has 0 spiro atoms. The summed E-state index contributed by atoms with van der Waals surface area (Å²) < 4.78 is 0. The van der Waals surface area contributed by atoms with Gasteiger partial charge in [0.2, 0.25) is 0 Å². The van der Waals surface area contributed by atoms with Crippen molar-refractivity contribution in [3.8, 4) is 0 Å². The van der Waals surface area contributed by atoms with Crippen molar-refractivity contribution in [2.24, 2.45) is 17.3 Å². The third-order valence-electron chi connectivity index (χ3n) is 4.63. The molecule has 0 radical (unpaired) electrons. The Balaban J connectivity index is 2.34. The number of likely N-dealkylation sites (tertiary alicyclic amines) is 1. The standard InChI is InChI=1S/C17H36N2/c1-6-8-16-9-10-19(12-16)14-17(5,7-2)13-18-11-15(3)4/h15-16,18H,6-14H2,1-5H3. The van der Waals surface area contributed by atoms with Crippen molar-refractivity contribution in [1.29, 1.82) is 0 Å². The zero-order valence-electron chi connectivity index (χ0n) is 14.0. The van der Waals surface area contributed by atoms with E-state index >= 15 is 0 Å². The van der Waals surface area contributed by atoms with Crippen molar-refractivity contribution in [1.82, 2.24) is 10.2 Å². The predicted molar refractivity (Wildman–Crippen MR) is 85.6 cm³/mol. The Morgan fingerprint density at radius 1 is 1.32 bits per heavy atom. The van der Waals surface area contributed by atoms with Crippen molar-refractivity contribution in [2.45, 2.75) is 60.3 Å². The molecule has 2 atom stereocenters. The summed E-state index contributed by atoms with van der Waals surface area (Å²) in [4.78, 5) is 2.71.